The van der Waals surface area contributed by atoms with E-state index in [-0.39, 0.29) is 11.3 Å². The minimum absolute atomic E-state index is 0.253. The monoisotopic (exact) mass is 777 g/mol. The predicted molar refractivity (Wildman–Crippen MR) is 254 cm³/mol. The van der Waals surface area contributed by atoms with Gasteiger partial charge in [0, 0.05) is 16.8 Å². The predicted octanol–water partition coefficient (Wildman–Crippen LogP) is 15.1. The molecule has 0 aromatic heterocycles. The third-order valence-electron chi connectivity index (χ3n) is 13.8. The van der Waals surface area contributed by atoms with Crippen molar-refractivity contribution in [3.05, 3.63) is 282 Å². The van der Waals surface area contributed by atoms with Crippen molar-refractivity contribution < 1.29 is 0 Å². The summed E-state index contributed by atoms with van der Waals surface area (Å²) in [6, 6.07) is 81.6. The number of nitrogens with zero attached hydrogens (tertiary/aromatic N) is 1. The molecule has 0 fully saturated rings. The van der Waals surface area contributed by atoms with Crippen LogP contribution >= 0.6 is 0 Å². The lowest BCUT2D eigenvalue weighted by Gasteiger charge is -2.51. The minimum Gasteiger partial charge on any atom is -0.310 e. The van der Waals surface area contributed by atoms with Crippen LogP contribution in [0.25, 0.3) is 33.0 Å². The lowest BCUT2D eigenvalue weighted by molar-refractivity contribution is 0.431. The number of fused-ring (bicyclic) bond motifs is 6. The quantitative estimate of drug-likeness (QED) is 0.156. The highest BCUT2D eigenvalue weighted by atomic mass is 15.1. The van der Waals surface area contributed by atoms with Crippen molar-refractivity contribution in [2.24, 2.45) is 5.92 Å². The van der Waals surface area contributed by atoms with Gasteiger partial charge in [-0.1, -0.05) is 212 Å². The van der Waals surface area contributed by atoms with Crippen LogP contribution in [0.5, 0.6) is 0 Å². The van der Waals surface area contributed by atoms with Gasteiger partial charge in [0.1, 0.15) is 0 Å². The Morgan fingerprint density at radius 2 is 1.05 bits per heavy atom. The van der Waals surface area contributed by atoms with E-state index < -0.39 is 5.41 Å². The highest BCUT2D eigenvalue weighted by Gasteiger charge is 2.59. The standard InChI is InChI=1S/C60H43N/c1-4-19-42(20-5-1)43-37-39-48(40-38-43)61(57-36-16-22-44-21-10-11-29-50(44)57)49-28-17-27-47(41-49)59(45-23-6-2-7-24-45)54-33-14-15-34-55(54)60(46-25-8-3-9-26-46)53-32-13-12-30-51(53)52-31-18-35-56(59)58(52)60/h1-25,27-41,46H,26H2. The first-order valence-corrected chi connectivity index (χ1v) is 21.5. The zero-order chi connectivity index (χ0) is 40.4. The fraction of sp³-hybridized carbons (Fsp3) is 0.0667. The molecule has 9 aromatic rings. The number of rotatable bonds is 7. The first-order valence-electron chi connectivity index (χ1n) is 21.5. The maximum Gasteiger partial charge on any atom is 0.0708 e. The summed E-state index contributed by atoms with van der Waals surface area (Å²) >= 11 is 0. The van der Waals surface area contributed by atoms with Crippen molar-refractivity contribution in [1.82, 2.24) is 0 Å². The largest absolute Gasteiger partial charge is 0.310 e. The van der Waals surface area contributed by atoms with Gasteiger partial charge in [-0.05, 0) is 109 Å². The smallest absolute Gasteiger partial charge is 0.0708 e. The van der Waals surface area contributed by atoms with Crippen LogP contribution in [0.3, 0.4) is 0 Å². The van der Waals surface area contributed by atoms with Crippen molar-refractivity contribution >= 4 is 27.8 Å². The second-order valence-electron chi connectivity index (χ2n) is 16.7. The molecule has 12 rings (SSSR count). The molecule has 288 valence electrons. The molecule has 1 nitrogen and oxygen atoms in total. The molecule has 9 aromatic carbocycles. The van der Waals surface area contributed by atoms with E-state index in [0.29, 0.717) is 0 Å². The number of hydrogen-bond donors (Lipinski definition) is 0. The van der Waals surface area contributed by atoms with Gasteiger partial charge in [-0.25, -0.2) is 0 Å². The maximum absolute atomic E-state index is 2.48. The molecule has 3 aliphatic carbocycles. The summed E-state index contributed by atoms with van der Waals surface area (Å²) < 4.78 is 0. The van der Waals surface area contributed by atoms with Gasteiger partial charge in [0.15, 0.2) is 0 Å². The van der Waals surface area contributed by atoms with Crippen LogP contribution in [0.1, 0.15) is 45.4 Å². The molecule has 61 heavy (non-hydrogen) atoms. The maximum atomic E-state index is 2.48. The van der Waals surface area contributed by atoms with Crippen LogP contribution in [0.2, 0.25) is 0 Å². The molecule has 3 aliphatic rings. The highest BCUT2D eigenvalue weighted by molar-refractivity contribution is 5.99. The molecule has 0 radical (unpaired) electrons. The van der Waals surface area contributed by atoms with E-state index in [0.717, 1.165) is 23.5 Å². The van der Waals surface area contributed by atoms with Gasteiger partial charge < -0.3 is 4.90 Å². The molecular weight excluding hydrogens is 735 g/mol. The lowest BCUT2D eigenvalue weighted by Crippen LogP contribution is -2.47. The summed E-state index contributed by atoms with van der Waals surface area (Å²) in [6.07, 6.45) is 10.3. The van der Waals surface area contributed by atoms with E-state index >= 15 is 0 Å². The van der Waals surface area contributed by atoms with Gasteiger partial charge in [0.25, 0.3) is 0 Å². The minimum atomic E-state index is -0.624. The Kier molecular flexibility index (Phi) is 8.18. The summed E-state index contributed by atoms with van der Waals surface area (Å²) in [4.78, 5) is 2.46. The molecule has 0 spiro atoms. The number of benzene rings is 9. The van der Waals surface area contributed by atoms with Gasteiger partial charge in [-0.2, -0.15) is 0 Å². The van der Waals surface area contributed by atoms with Crippen molar-refractivity contribution in [3.8, 4) is 22.3 Å². The van der Waals surface area contributed by atoms with Gasteiger partial charge in [0.05, 0.1) is 16.5 Å². The van der Waals surface area contributed by atoms with Crippen LogP contribution in [-0.2, 0) is 10.8 Å². The highest BCUT2D eigenvalue weighted by Crippen LogP contribution is 2.67. The van der Waals surface area contributed by atoms with Crippen molar-refractivity contribution in [1.29, 1.82) is 0 Å². The zero-order valence-corrected chi connectivity index (χ0v) is 33.8. The summed E-state index contributed by atoms with van der Waals surface area (Å²) in [6.45, 7) is 0. The molecule has 0 saturated heterocycles. The fourth-order valence-electron chi connectivity index (χ4n) is 11.4. The molecule has 3 atom stereocenters. The van der Waals surface area contributed by atoms with Crippen LogP contribution in [-0.4, -0.2) is 0 Å². The Balaban J connectivity index is 1.15. The number of anilines is 3. The van der Waals surface area contributed by atoms with E-state index in [1.54, 1.807) is 0 Å². The van der Waals surface area contributed by atoms with Crippen molar-refractivity contribution in [2.75, 3.05) is 4.90 Å². The molecule has 0 saturated carbocycles. The Morgan fingerprint density at radius 1 is 0.426 bits per heavy atom. The first-order chi connectivity index (χ1) is 30.3. The van der Waals surface area contributed by atoms with Crippen LogP contribution < -0.4 is 4.90 Å². The molecular formula is C60H43N. The number of allylic oxidation sites excluding steroid dienone is 4. The summed E-state index contributed by atoms with van der Waals surface area (Å²) in [5, 5.41) is 2.42. The van der Waals surface area contributed by atoms with E-state index in [9.17, 15) is 0 Å². The SMILES string of the molecule is C1=CCC(C23c4ccccc4-c4cccc(c42)C(c2ccccc2)(c2cccc(N(c4ccc(-c5ccccc5)cc4)c4cccc5ccccc45)c2)c2ccccc23)C=C1. The second kappa shape index (κ2) is 14.1. The van der Waals surface area contributed by atoms with Gasteiger partial charge in [0.2, 0.25) is 0 Å². The summed E-state index contributed by atoms with van der Waals surface area (Å²) in [5.74, 6) is 0.253. The lowest BCUT2D eigenvalue weighted by atomic mass is 9.50. The van der Waals surface area contributed by atoms with Gasteiger partial charge in [-0.3, -0.25) is 0 Å². The summed E-state index contributed by atoms with van der Waals surface area (Å²) in [7, 11) is 0. The fourth-order valence-corrected chi connectivity index (χ4v) is 11.4. The van der Waals surface area contributed by atoms with Crippen LogP contribution in [0.15, 0.2) is 243 Å². The zero-order valence-electron chi connectivity index (χ0n) is 33.8. The average molecular weight is 778 g/mol. The normalized spacial score (nSPS) is 19.2. The Labute approximate surface area is 358 Å². The van der Waals surface area contributed by atoms with E-state index in [1.807, 2.05) is 0 Å². The van der Waals surface area contributed by atoms with Gasteiger partial charge >= 0.3 is 0 Å². The third-order valence-corrected chi connectivity index (χ3v) is 13.8. The van der Waals surface area contributed by atoms with Gasteiger partial charge in [-0.15, -0.1) is 0 Å². The topological polar surface area (TPSA) is 3.24 Å². The Hall–Kier alpha value is -7.48. The van der Waals surface area contributed by atoms with E-state index in [4.69, 9.17) is 0 Å². The molecule has 0 N–H and O–H groups in total. The first kappa shape index (κ1) is 35.5. The van der Waals surface area contributed by atoms with Crippen LogP contribution in [0, 0.1) is 5.92 Å². The molecule has 0 amide bonds. The van der Waals surface area contributed by atoms with E-state index in [1.165, 1.54) is 72.0 Å². The molecule has 1 heteroatoms. The molecule has 0 bridgehead atoms. The molecule has 0 aliphatic heterocycles. The molecule has 3 unspecified atom stereocenters. The average Bonchev–Trinajstić information content (AvgIpc) is 3.65. The van der Waals surface area contributed by atoms with E-state index in [2.05, 4.69) is 248 Å². The van der Waals surface area contributed by atoms with Crippen molar-refractivity contribution in [3.63, 3.8) is 0 Å². The Morgan fingerprint density at radius 3 is 1.87 bits per heavy atom. The summed E-state index contributed by atoms with van der Waals surface area (Å²) in [5.41, 5.74) is 16.9. The Bertz CT molecular complexity index is 3170. The third kappa shape index (κ3) is 5.14. The van der Waals surface area contributed by atoms with Crippen LogP contribution in [0.4, 0.5) is 17.1 Å². The van der Waals surface area contributed by atoms with Crippen molar-refractivity contribution in [2.45, 2.75) is 17.3 Å². The number of hydrogen-bond acceptors (Lipinski definition) is 1. The molecule has 0 heterocycles. The second-order valence-corrected chi connectivity index (χ2v) is 16.7.